The number of anilines is 3. The van der Waals surface area contributed by atoms with Gasteiger partial charge in [-0.05, 0) is 31.2 Å². The number of hydrogen-bond donors (Lipinski definition) is 2. The molecular weight excluding hydrogens is 381 g/mol. The van der Waals surface area contributed by atoms with Gasteiger partial charge in [0.05, 0.1) is 16.9 Å². The highest BCUT2D eigenvalue weighted by molar-refractivity contribution is 6.30. The van der Waals surface area contributed by atoms with E-state index in [2.05, 4.69) is 9.88 Å². The molecule has 0 spiro atoms. The number of hydrogen-bond acceptors (Lipinski definition) is 5. The number of nitrogens with two attached hydrogens (primary N) is 2. The van der Waals surface area contributed by atoms with E-state index >= 15 is 0 Å². The molecule has 5 nitrogen and oxygen atoms in total. The molecule has 1 aromatic heterocycles. The van der Waals surface area contributed by atoms with Crippen molar-refractivity contribution >= 4 is 28.8 Å². The van der Waals surface area contributed by atoms with Crippen LogP contribution in [0.25, 0.3) is 0 Å². The minimum atomic E-state index is -4.36. The normalized spacial score (nSPS) is 20.6. The summed E-state index contributed by atoms with van der Waals surface area (Å²) in [7, 11) is 0. The maximum absolute atomic E-state index is 12.6. The number of ether oxygens (including phenoxy) is 1. The van der Waals surface area contributed by atoms with Gasteiger partial charge < -0.3 is 21.1 Å². The van der Waals surface area contributed by atoms with Gasteiger partial charge in [-0.3, -0.25) is 0 Å². The number of halogens is 4. The zero-order valence-electron chi connectivity index (χ0n) is 14.6. The molecule has 4 N–H and O–H groups in total. The third-order valence-electron chi connectivity index (χ3n) is 4.66. The van der Waals surface area contributed by atoms with Crippen LogP contribution >= 0.6 is 11.6 Å². The van der Waals surface area contributed by atoms with E-state index in [1.165, 1.54) is 12.1 Å². The molecule has 1 aliphatic heterocycles. The second kappa shape index (κ2) is 7.34. The zero-order chi connectivity index (χ0) is 19.8. The lowest BCUT2D eigenvalue weighted by atomic mass is 9.99. The second-order valence-electron chi connectivity index (χ2n) is 6.59. The number of pyridine rings is 1. The number of aromatic nitrogens is 1. The summed E-state index contributed by atoms with van der Waals surface area (Å²) < 4.78 is 43.8. The highest BCUT2D eigenvalue weighted by Crippen LogP contribution is 2.35. The van der Waals surface area contributed by atoms with Crippen LogP contribution in [0.5, 0.6) is 5.75 Å². The van der Waals surface area contributed by atoms with Crippen molar-refractivity contribution < 1.29 is 17.9 Å². The molecular formula is C18H20ClF3N4O. The van der Waals surface area contributed by atoms with Crippen molar-refractivity contribution in [2.45, 2.75) is 38.1 Å². The third kappa shape index (κ3) is 4.32. The van der Waals surface area contributed by atoms with Crippen LogP contribution < -0.4 is 21.1 Å². The van der Waals surface area contributed by atoms with Crippen LogP contribution in [0.1, 0.15) is 25.3 Å². The lowest BCUT2D eigenvalue weighted by Gasteiger charge is -2.39. The second-order valence-corrected chi connectivity index (χ2v) is 6.98. The van der Waals surface area contributed by atoms with Crippen LogP contribution in [-0.2, 0) is 6.18 Å². The molecule has 146 valence electrons. The minimum absolute atomic E-state index is 0.0818. The summed E-state index contributed by atoms with van der Waals surface area (Å²) in [5.41, 5.74) is 12.3. The molecule has 0 aliphatic carbocycles. The number of rotatable bonds is 3. The highest BCUT2D eigenvalue weighted by Gasteiger charge is 2.31. The molecule has 9 heteroatoms. The van der Waals surface area contributed by atoms with E-state index in [9.17, 15) is 13.2 Å². The van der Waals surface area contributed by atoms with Gasteiger partial charge in [-0.1, -0.05) is 11.6 Å². The molecule has 1 fully saturated rings. The average Bonchev–Trinajstić information content (AvgIpc) is 2.58. The van der Waals surface area contributed by atoms with Crippen LogP contribution in [0.3, 0.4) is 0 Å². The van der Waals surface area contributed by atoms with Gasteiger partial charge in [0.2, 0.25) is 0 Å². The fraction of sp³-hybridized carbons (Fsp3) is 0.389. The fourth-order valence-corrected chi connectivity index (χ4v) is 3.47. The smallest absolute Gasteiger partial charge is 0.416 e. The quantitative estimate of drug-likeness (QED) is 0.749. The topological polar surface area (TPSA) is 77.4 Å². The van der Waals surface area contributed by atoms with E-state index in [0.717, 1.165) is 17.8 Å². The molecule has 3 rings (SSSR count). The molecule has 1 saturated heterocycles. The van der Waals surface area contributed by atoms with E-state index < -0.39 is 11.7 Å². The van der Waals surface area contributed by atoms with Crippen molar-refractivity contribution in [2.75, 3.05) is 22.9 Å². The summed E-state index contributed by atoms with van der Waals surface area (Å²) in [4.78, 5) is 6.02. The first kappa shape index (κ1) is 19.4. The lowest BCUT2D eigenvalue weighted by Crippen LogP contribution is -2.44. The van der Waals surface area contributed by atoms with Crippen molar-refractivity contribution in [3.63, 3.8) is 0 Å². The minimum Gasteiger partial charge on any atom is -0.490 e. The summed E-state index contributed by atoms with van der Waals surface area (Å²) in [6.45, 7) is 2.67. The molecule has 0 radical (unpaired) electrons. The van der Waals surface area contributed by atoms with Gasteiger partial charge in [0.1, 0.15) is 17.0 Å². The summed E-state index contributed by atoms with van der Waals surface area (Å²) in [6, 6.07) is 6.51. The van der Waals surface area contributed by atoms with E-state index in [1.54, 1.807) is 6.07 Å². The zero-order valence-corrected chi connectivity index (χ0v) is 15.4. The third-order valence-corrected chi connectivity index (χ3v) is 4.85. The van der Waals surface area contributed by atoms with E-state index in [0.29, 0.717) is 30.8 Å². The highest BCUT2D eigenvalue weighted by atomic mass is 35.5. The van der Waals surface area contributed by atoms with Crippen molar-refractivity contribution in [1.29, 1.82) is 0 Å². The van der Waals surface area contributed by atoms with E-state index in [-0.39, 0.29) is 23.1 Å². The molecule has 0 saturated carbocycles. The fourth-order valence-electron chi connectivity index (χ4n) is 3.28. The molecule has 2 atom stereocenters. The first-order valence-corrected chi connectivity index (χ1v) is 8.85. The number of piperidine rings is 1. The van der Waals surface area contributed by atoms with Crippen LogP contribution in [0, 0.1) is 0 Å². The Hall–Kier alpha value is -2.35. The molecule has 27 heavy (non-hydrogen) atoms. The predicted molar refractivity (Wildman–Crippen MR) is 100.0 cm³/mol. The van der Waals surface area contributed by atoms with Crippen molar-refractivity contribution in [3.8, 4) is 5.75 Å². The van der Waals surface area contributed by atoms with Gasteiger partial charge in [0.15, 0.2) is 5.82 Å². The summed E-state index contributed by atoms with van der Waals surface area (Å²) >= 11 is 5.99. The Morgan fingerprint density at radius 1 is 1.22 bits per heavy atom. The number of nitrogens with zero attached hydrogens (tertiary/aromatic N) is 2. The van der Waals surface area contributed by atoms with Gasteiger partial charge in [-0.15, -0.1) is 0 Å². The SMILES string of the molecule is C[C@H]1C[C@@H](Oc2ccc(C(F)(F)F)cc2)CCN1c1cc(Cl)nc(N)c1N. The molecule has 1 aliphatic rings. The molecule has 1 aromatic carbocycles. The van der Waals surface area contributed by atoms with Gasteiger partial charge >= 0.3 is 6.18 Å². The van der Waals surface area contributed by atoms with Crippen LogP contribution in [-0.4, -0.2) is 23.7 Å². The van der Waals surface area contributed by atoms with Gasteiger partial charge in [0, 0.05) is 31.5 Å². The number of benzene rings is 1. The van der Waals surface area contributed by atoms with Crippen LogP contribution in [0.4, 0.5) is 30.4 Å². The lowest BCUT2D eigenvalue weighted by molar-refractivity contribution is -0.137. The monoisotopic (exact) mass is 400 g/mol. The summed E-state index contributed by atoms with van der Waals surface area (Å²) in [5, 5.41) is 0.270. The Balaban J connectivity index is 1.67. The van der Waals surface area contributed by atoms with Gasteiger partial charge in [0.25, 0.3) is 0 Å². The van der Waals surface area contributed by atoms with Crippen molar-refractivity contribution in [2.24, 2.45) is 0 Å². The average molecular weight is 401 g/mol. The van der Waals surface area contributed by atoms with Gasteiger partial charge in [-0.2, -0.15) is 13.2 Å². The van der Waals surface area contributed by atoms with E-state index in [4.69, 9.17) is 27.8 Å². The van der Waals surface area contributed by atoms with Crippen molar-refractivity contribution in [1.82, 2.24) is 4.98 Å². The van der Waals surface area contributed by atoms with Gasteiger partial charge in [-0.25, -0.2) is 4.98 Å². The number of alkyl halides is 3. The summed E-state index contributed by atoms with van der Waals surface area (Å²) in [5.74, 6) is 0.609. The molecule has 2 heterocycles. The predicted octanol–water partition coefficient (Wildman–Crippen LogP) is 4.35. The largest absolute Gasteiger partial charge is 0.490 e. The molecule has 0 amide bonds. The standard InChI is InChI=1S/C18H20ClF3N4O/c1-10-8-13(27-12-4-2-11(3-5-12)18(20,21)22)6-7-26(10)14-9-15(19)25-17(24)16(14)23/h2-5,9-10,13H,6-8,23H2,1H3,(H2,24,25)/t10-,13-/m0/s1. The van der Waals surface area contributed by atoms with E-state index in [1.807, 2.05) is 6.92 Å². The maximum atomic E-state index is 12.6. The Morgan fingerprint density at radius 2 is 1.89 bits per heavy atom. The first-order valence-electron chi connectivity index (χ1n) is 8.47. The Morgan fingerprint density at radius 3 is 2.48 bits per heavy atom. The van der Waals surface area contributed by atoms with Crippen LogP contribution in [0.2, 0.25) is 5.15 Å². The molecule has 0 bridgehead atoms. The van der Waals surface area contributed by atoms with Crippen LogP contribution in [0.15, 0.2) is 30.3 Å². The summed E-state index contributed by atoms with van der Waals surface area (Å²) in [6.07, 6.45) is -3.10. The Bertz CT molecular complexity index is 813. The Kier molecular flexibility index (Phi) is 5.28. The van der Waals surface area contributed by atoms with Crippen molar-refractivity contribution in [3.05, 3.63) is 41.0 Å². The number of nitrogen functional groups attached to an aromatic ring is 2. The first-order chi connectivity index (χ1) is 12.6. The molecule has 2 aromatic rings. The molecule has 0 unspecified atom stereocenters. The maximum Gasteiger partial charge on any atom is 0.416 e. The Labute approximate surface area is 160 Å².